The number of anilines is 2. The number of benzene rings is 1. The van der Waals surface area contributed by atoms with Crippen molar-refractivity contribution in [1.29, 1.82) is 0 Å². The fourth-order valence-electron chi connectivity index (χ4n) is 1.74. The number of Topliss-reactive ketones (excluding diaryl/α,β-unsaturated/α-hetero) is 1. The first-order valence-corrected chi connectivity index (χ1v) is 7.04. The molecule has 21 heavy (non-hydrogen) atoms. The molecule has 0 aliphatic rings. The van der Waals surface area contributed by atoms with Gasteiger partial charge in [0.25, 0.3) is 5.69 Å². The molecule has 0 bridgehead atoms. The van der Waals surface area contributed by atoms with Gasteiger partial charge in [-0.05, 0) is 19.1 Å². The van der Waals surface area contributed by atoms with Gasteiger partial charge in [0.15, 0.2) is 10.9 Å². The lowest BCUT2D eigenvalue weighted by Gasteiger charge is -2.06. The van der Waals surface area contributed by atoms with Gasteiger partial charge in [-0.25, -0.2) is 4.98 Å². The highest BCUT2D eigenvalue weighted by Crippen LogP contribution is 2.26. The molecule has 2 aromatic rings. The van der Waals surface area contributed by atoms with Crippen LogP contribution in [0.25, 0.3) is 0 Å². The van der Waals surface area contributed by atoms with Crippen LogP contribution < -0.4 is 10.6 Å². The van der Waals surface area contributed by atoms with Crippen LogP contribution >= 0.6 is 11.3 Å². The lowest BCUT2D eigenvalue weighted by molar-refractivity contribution is -0.384. The van der Waals surface area contributed by atoms with Crippen LogP contribution in [0.2, 0.25) is 0 Å². The first kappa shape index (κ1) is 14.9. The number of nitrogens with one attached hydrogen (secondary N) is 2. The normalized spacial score (nSPS) is 10.2. The van der Waals surface area contributed by atoms with E-state index < -0.39 is 4.92 Å². The van der Waals surface area contributed by atoms with Crippen LogP contribution in [0.3, 0.4) is 0 Å². The second-order valence-electron chi connectivity index (χ2n) is 4.29. The highest BCUT2D eigenvalue weighted by atomic mass is 32.1. The standard InChI is InChI=1S/C13H14N4O3S/c1-8(18)9-3-4-11(12(5-9)17(19)20)15-6-10-7-21-13(14-2)16-10/h3-5,7,15H,6H2,1-2H3,(H,14,16). The van der Waals surface area contributed by atoms with Crippen molar-refractivity contribution in [1.82, 2.24) is 4.98 Å². The van der Waals surface area contributed by atoms with Crippen molar-refractivity contribution in [3.8, 4) is 0 Å². The van der Waals surface area contributed by atoms with E-state index in [1.807, 2.05) is 5.38 Å². The smallest absolute Gasteiger partial charge is 0.293 e. The van der Waals surface area contributed by atoms with E-state index in [1.54, 1.807) is 19.2 Å². The van der Waals surface area contributed by atoms with E-state index in [-0.39, 0.29) is 11.5 Å². The van der Waals surface area contributed by atoms with Crippen molar-refractivity contribution in [2.45, 2.75) is 13.5 Å². The van der Waals surface area contributed by atoms with Gasteiger partial charge in [-0.15, -0.1) is 11.3 Å². The number of carbonyl (C=O) groups excluding carboxylic acids is 1. The van der Waals surface area contributed by atoms with Crippen LogP contribution in [0.1, 0.15) is 23.0 Å². The number of nitrogens with zero attached hydrogens (tertiary/aromatic N) is 2. The predicted molar refractivity (Wildman–Crippen MR) is 82.1 cm³/mol. The van der Waals surface area contributed by atoms with Crippen LogP contribution in [0.5, 0.6) is 0 Å². The van der Waals surface area contributed by atoms with Crippen molar-refractivity contribution in [2.24, 2.45) is 0 Å². The summed E-state index contributed by atoms with van der Waals surface area (Å²) >= 11 is 1.46. The molecule has 0 saturated carbocycles. The highest BCUT2D eigenvalue weighted by molar-refractivity contribution is 7.13. The Morgan fingerprint density at radius 2 is 2.24 bits per heavy atom. The zero-order chi connectivity index (χ0) is 15.4. The largest absolute Gasteiger partial charge is 0.374 e. The van der Waals surface area contributed by atoms with Crippen molar-refractivity contribution in [2.75, 3.05) is 17.7 Å². The van der Waals surface area contributed by atoms with E-state index >= 15 is 0 Å². The summed E-state index contributed by atoms with van der Waals surface area (Å²) in [5.74, 6) is -0.206. The fourth-order valence-corrected chi connectivity index (χ4v) is 2.41. The third kappa shape index (κ3) is 3.54. The Kier molecular flexibility index (Phi) is 4.49. The third-order valence-electron chi connectivity index (χ3n) is 2.83. The van der Waals surface area contributed by atoms with Crippen LogP contribution in [0.15, 0.2) is 23.6 Å². The van der Waals surface area contributed by atoms with Gasteiger partial charge >= 0.3 is 0 Å². The molecule has 0 aliphatic carbocycles. The summed E-state index contributed by atoms with van der Waals surface area (Å²) < 4.78 is 0. The van der Waals surface area contributed by atoms with E-state index in [0.717, 1.165) is 10.8 Å². The molecule has 0 fully saturated rings. The van der Waals surface area contributed by atoms with Crippen molar-refractivity contribution in [3.05, 3.63) is 45.0 Å². The topological polar surface area (TPSA) is 97.2 Å². The molecule has 2 N–H and O–H groups in total. The maximum absolute atomic E-state index is 11.3. The van der Waals surface area contributed by atoms with Crippen LogP contribution in [0.4, 0.5) is 16.5 Å². The molecule has 0 spiro atoms. The summed E-state index contributed by atoms with van der Waals surface area (Å²) in [7, 11) is 1.78. The molecule has 2 rings (SSSR count). The molecule has 1 aromatic carbocycles. The summed E-state index contributed by atoms with van der Waals surface area (Å²) in [5.41, 5.74) is 1.35. The molecule has 8 heteroatoms. The molecule has 0 atom stereocenters. The van der Waals surface area contributed by atoms with E-state index in [1.165, 1.54) is 24.3 Å². The number of rotatable bonds is 6. The number of thiazole rings is 1. The van der Waals surface area contributed by atoms with Gasteiger partial charge in [0.1, 0.15) is 5.69 Å². The summed E-state index contributed by atoms with van der Waals surface area (Å²) in [6.07, 6.45) is 0. The number of aromatic nitrogens is 1. The summed E-state index contributed by atoms with van der Waals surface area (Å²) in [6.45, 7) is 1.75. The van der Waals surface area contributed by atoms with E-state index in [4.69, 9.17) is 0 Å². The Labute approximate surface area is 125 Å². The number of carbonyl (C=O) groups is 1. The minimum absolute atomic E-state index is 0.119. The van der Waals surface area contributed by atoms with Gasteiger partial charge in [-0.3, -0.25) is 14.9 Å². The maximum Gasteiger partial charge on any atom is 0.293 e. The van der Waals surface area contributed by atoms with E-state index in [2.05, 4.69) is 15.6 Å². The molecular formula is C13H14N4O3S. The second kappa shape index (κ2) is 6.31. The van der Waals surface area contributed by atoms with Gasteiger partial charge in [0, 0.05) is 24.1 Å². The van der Waals surface area contributed by atoms with Crippen molar-refractivity contribution < 1.29 is 9.72 Å². The fraction of sp³-hybridized carbons (Fsp3) is 0.231. The van der Waals surface area contributed by atoms with Crippen molar-refractivity contribution >= 4 is 33.6 Å². The van der Waals surface area contributed by atoms with Gasteiger partial charge in [0.05, 0.1) is 17.2 Å². The molecule has 110 valence electrons. The number of nitro benzene ring substituents is 1. The van der Waals surface area contributed by atoms with E-state index in [0.29, 0.717) is 17.8 Å². The number of nitro groups is 1. The molecule has 0 radical (unpaired) electrons. The monoisotopic (exact) mass is 306 g/mol. The lowest BCUT2D eigenvalue weighted by atomic mass is 10.1. The molecule has 0 saturated heterocycles. The first-order chi connectivity index (χ1) is 10.0. The molecular weight excluding hydrogens is 292 g/mol. The van der Waals surface area contributed by atoms with Gasteiger partial charge < -0.3 is 10.6 Å². The van der Waals surface area contributed by atoms with E-state index in [9.17, 15) is 14.9 Å². The maximum atomic E-state index is 11.3. The molecule has 0 aliphatic heterocycles. The summed E-state index contributed by atoms with van der Waals surface area (Å²) in [4.78, 5) is 26.2. The Morgan fingerprint density at radius 3 is 2.81 bits per heavy atom. The summed E-state index contributed by atoms with van der Waals surface area (Å²) in [6, 6.07) is 4.39. The SMILES string of the molecule is CNc1nc(CNc2ccc(C(C)=O)cc2[N+](=O)[O-])cs1. The lowest BCUT2D eigenvalue weighted by Crippen LogP contribution is -2.04. The predicted octanol–water partition coefficient (Wildman–Crippen LogP) is 2.91. The number of hydrogen-bond acceptors (Lipinski definition) is 7. The number of ketones is 1. The Morgan fingerprint density at radius 1 is 1.48 bits per heavy atom. The minimum Gasteiger partial charge on any atom is -0.374 e. The quantitative estimate of drug-likeness (QED) is 0.484. The Balaban J connectivity index is 2.19. The third-order valence-corrected chi connectivity index (χ3v) is 3.74. The summed E-state index contributed by atoms with van der Waals surface area (Å²) in [5, 5.41) is 19.7. The van der Waals surface area contributed by atoms with Gasteiger partial charge in [0.2, 0.25) is 0 Å². The number of hydrogen-bond donors (Lipinski definition) is 2. The second-order valence-corrected chi connectivity index (χ2v) is 5.15. The average molecular weight is 306 g/mol. The molecule has 1 aromatic heterocycles. The van der Waals surface area contributed by atoms with Crippen LogP contribution in [-0.2, 0) is 6.54 Å². The minimum atomic E-state index is -0.505. The van der Waals surface area contributed by atoms with Crippen LogP contribution in [-0.4, -0.2) is 22.7 Å². The molecule has 7 nitrogen and oxygen atoms in total. The highest BCUT2D eigenvalue weighted by Gasteiger charge is 2.16. The molecule has 0 unspecified atom stereocenters. The van der Waals surface area contributed by atoms with Crippen LogP contribution in [0, 0.1) is 10.1 Å². The van der Waals surface area contributed by atoms with Crippen molar-refractivity contribution in [3.63, 3.8) is 0 Å². The Bertz CT molecular complexity index is 684. The average Bonchev–Trinajstić information content (AvgIpc) is 2.92. The Hall–Kier alpha value is -2.48. The zero-order valence-corrected chi connectivity index (χ0v) is 12.4. The molecule has 0 amide bonds. The zero-order valence-electron chi connectivity index (χ0n) is 11.5. The van der Waals surface area contributed by atoms with Gasteiger partial charge in [-0.2, -0.15) is 0 Å². The first-order valence-electron chi connectivity index (χ1n) is 6.16. The molecule has 1 heterocycles. The van der Waals surface area contributed by atoms with Gasteiger partial charge in [-0.1, -0.05) is 0 Å².